The fraction of sp³-hybridized carbons (Fsp3) is 0.640. The van der Waals surface area contributed by atoms with E-state index in [1.807, 2.05) is 36.4 Å². The van der Waals surface area contributed by atoms with Crippen LogP contribution in [0.1, 0.15) is 143 Å². The van der Waals surface area contributed by atoms with Crippen LogP contribution in [0.5, 0.6) is 11.5 Å². The molecule has 7 unspecified atom stereocenters. The molecule has 0 saturated heterocycles. The highest BCUT2D eigenvalue weighted by Gasteiger charge is 2.61. The minimum absolute atomic E-state index is 0.0166. The van der Waals surface area contributed by atoms with E-state index in [0.717, 1.165) is 74.0 Å². The predicted octanol–water partition coefficient (Wildman–Crippen LogP) is 11.7. The number of rotatable bonds is 8. The second kappa shape index (κ2) is 15.5. The second-order valence-corrected chi connectivity index (χ2v) is 25.4. The number of Topliss-reactive ketones (excluding diaryl/α,β-unsaturated/α-hetero) is 2. The molecule has 7 heteroatoms. The highest BCUT2D eigenvalue weighted by Crippen LogP contribution is 2.65. The fourth-order valence-electron chi connectivity index (χ4n) is 12.9. The Morgan fingerprint density at radius 3 is 1.65 bits per heavy atom. The molecule has 0 radical (unpaired) electrons. The molecule has 0 amide bonds. The van der Waals surface area contributed by atoms with Crippen molar-refractivity contribution >= 4 is 19.9 Å². The monoisotopic (exact) mass is 794 g/mol. The summed E-state index contributed by atoms with van der Waals surface area (Å²) in [7, 11) is 1.47. The molecule has 12 atom stereocenters. The summed E-state index contributed by atoms with van der Waals surface area (Å²) in [4.78, 5) is 27.1. The Hall–Kier alpha value is -3.00. The van der Waals surface area contributed by atoms with Crippen LogP contribution in [-0.4, -0.2) is 51.4 Å². The number of ketones is 2. The number of benzene rings is 2. The van der Waals surface area contributed by atoms with Crippen molar-refractivity contribution in [3.05, 3.63) is 84.0 Å². The molecule has 8 rings (SSSR count). The first-order valence-corrected chi connectivity index (χ1v) is 24.9. The van der Waals surface area contributed by atoms with Crippen molar-refractivity contribution in [3.63, 3.8) is 0 Å². The number of allylic oxidation sites excluding steroid dienone is 2. The van der Waals surface area contributed by atoms with Crippen LogP contribution >= 0.6 is 0 Å². The highest BCUT2D eigenvalue weighted by atomic mass is 28.4. The van der Waals surface area contributed by atoms with E-state index in [1.54, 1.807) is 14.2 Å². The number of fused-ring (bicyclic) bond motifs is 10. The van der Waals surface area contributed by atoms with Gasteiger partial charge in [-0.25, -0.2) is 0 Å². The van der Waals surface area contributed by atoms with Gasteiger partial charge < -0.3 is 19.0 Å². The molecule has 1 N–H and O–H groups in total. The number of carbonyl (C=O) groups is 2. The summed E-state index contributed by atoms with van der Waals surface area (Å²) < 4.78 is 17.9. The van der Waals surface area contributed by atoms with Crippen LogP contribution in [-0.2, 0) is 4.43 Å². The Labute approximate surface area is 344 Å². The van der Waals surface area contributed by atoms with Gasteiger partial charge in [0.15, 0.2) is 19.9 Å². The zero-order valence-corrected chi connectivity index (χ0v) is 37.4. The number of carbonyl (C=O) groups excluding carboxylic acids is 2. The summed E-state index contributed by atoms with van der Waals surface area (Å²) in [6.07, 6.45) is 14.0. The van der Waals surface area contributed by atoms with Gasteiger partial charge in [0, 0.05) is 23.0 Å². The van der Waals surface area contributed by atoms with E-state index in [2.05, 4.69) is 73.0 Å². The van der Waals surface area contributed by atoms with Gasteiger partial charge in [0.25, 0.3) is 0 Å². The van der Waals surface area contributed by atoms with Crippen LogP contribution in [0.2, 0.25) is 18.1 Å². The molecule has 2 aromatic rings. The van der Waals surface area contributed by atoms with E-state index in [1.165, 1.54) is 24.0 Å². The molecular weight excluding hydrogens is 725 g/mol. The largest absolute Gasteiger partial charge is 0.497 e. The number of aliphatic hydroxyl groups excluding tert-OH is 1. The summed E-state index contributed by atoms with van der Waals surface area (Å²) in [5.74, 6) is 4.57. The molecule has 6 nitrogen and oxygen atoms in total. The summed E-state index contributed by atoms with van der Waals surface area (Å²) in [6, 6.07) is 12.2. The molecular formula is C50H70O6Si. The molecule has 57 heavy (non-hydrogen) atoms. The third kappa shape index (κ3) is 6.93. The molecule has 6 aliphatic carbocycles. The van der Waals surface area contributed by atoms with Gasteiger partial charge in [-0.15, -0.1) is 13.2 Å². The number of hydrogen-bond donors (Lipinski definition) is 1. The van der Waals surface area contributed by atoms with Crippen molar-refractivity contribution in [2.75, 3.05) is 14.2 Å². The Morgan fingerprint density at radius 1 is 0.737 bits per heavy atom. The van der Waals surface area contributed by atoms with Gasteiger partial charge >= 0.3 is 0 Å². The van der Waals surface area contributed by atoms with Gasteiger partial charge in [0.05, 0.1) is 26.4 Å². The van der Waals surface area contributed by atoms with Crippen LogP contribution in [0.25, 0.3) is 0 Å². The maximum absolute atomic E-state index is 13.7. The second-order valence-electron chi connectivity index (χ2n) is 20.6. The molecule has 0 bridgehead atoms. The van der Waals surface area contributed by atoms with E-state index in [-0.39, 0.29) is 45.4 Å². The van der Waals surface area contributed by atoms with Crippen molar-refractivity contribution in [1.29, 1.82) is 0 Å². The normalized spacial score (nSPS) is 36.6. The minimum Gasteiger partial charge on any atom is -0.497 e. The maximum atomic E-state index is 13.7. The van der Waals surface area contributed by atoms with Crippen molar-refractivity contribution in [1.82, 2.24) is 0 Å². The number of aliphatic hydroxyl groups is 1. The smallest absolute Gasteiger partial charge is 0.192 e. The van der Waals surface area contributed by atoms with E-state index >= 15 is 0 Å². The first-order valence-electron chi connectivity index (χ1n) is 22.0. The van der Waals surface area contributed by atoms with E-state index < -0.39 is 8.32 Å². The molecule has 6 aliphatic rings. The topological polar surface area (TPSA) is 82.1 Å². The van der Waals surface area contributed by atoms with E-state index in [9.17, 15) is 14.7 Å². The molecule has 0 spiro atoms. The van der Waals surface area contributed by atoms with Crippen molar-refractivity contribution in [2.45, 2.75) is 141 Å². The lowest BCUT2D eigenvalue weighted by Gasteiger charge is -2.54. The molecule has 4 saturated carbocycles. The van der Waals surface area contributed by atoms with Crippen LogP contribution in [0.4, 0.5) is 0 Å². The number of methoxy groups -OCH3 is 2. The molecule has 2 aromatic carbocycles. The molecule has 0 heterocycles. The van der Waals surface area contributed by atoms with Crippen molar-refractivity contribution in [2.24, 2.45) is 46.3 Å². The summed E-state index contributed by atoms with van der Waals surface area (Å²) >= 11 is 0. The molecule has 0 aromatic heterocycles. The Balaban J connectivity index is 0.000000179. The average Bonchev–Trinajstić information content (AvgIpc) is 3.67. The third-order valence-electron chi connectivity index (χ3n) is 17.1. The number of hydrogen-bond acceptors (Lipinski definition) is 6. The summed E-state index contributed by atoms with van der Waals surface area (Å²) in [5.41, 5.74) is 4.28. The predicted molar refractivity (Wildman–Crippen MR) is 232 cm³/mol. The lowest BCUT2D eigenvalue weighted by molar-refractivity contribution is -0.0335. The minimum atomic E-state index is -1.85. The van der Waals surface area contributed by atoms with Crippen LogP contribution in [0.15, 0.2) is 61.7 Å². The SMILES string of the molecule is C=CCC1C(=O)c2cc(OC)ccc2C2CC[C@@]3(C)C(CC[C@@H]3O[Si](C)(C)C(C)(C)C)C12.C=CC[C@@H]1C(=O)c2cc(OC)ccc2C2CC[C@@]3(C)C(CC[C@@H]3O)C21. The van der Waals surface area contributed by atoms with E-state index in [4.69, 9.17) is 13.9 Å². The van der Waals surface area contributed by atoms with Crippen LogP contribution < -0.4 is 9.47 Å². The quantitative estimate of drug-likeness (QED) is 0.212. The van der Waals surface area contributed by atoms with Crippen molar-refractivity contribution < 1.29 is 28.6 Å². The molecule has 310 valence electrons. The lowest BCUT2D eigenvalue weighted by atomic mass is 9.52. The first kappa shape index (κ1) is 42.1. The van der Waals surface area contributed by atoms with Crippen LogP contribution in [0.3, 0.4) is 0 Å². The standard InChI is InChI=1S/C28H42O3Si.C22H28O3/c1-9-10-21-25-20(19-12-11-18(30-6)17-22(19)26(21)29)15-16-28(5)23(25)13-14-24(28)31-32(7,8)27(2,3)4;1-4-5-16-20-15(10-11-22(2)18(20)8-9-19(22)23)14-7-6-13(25-3)12-17(14)21(16)24/h9,11-12,17,20-21,23-25H,1,10,13-16H2,2-8H3;4,6-7,12,15-16,18-20,23H,1,5,8-11H2,2-3H3/t20?,21?,23?,24-,25?,28-;15?,16-,18?,19-,20?,22-/m00/s1. The average molecular weight is 795 g/mol. The number of ether oxygens (including phenoxy) is 2. The zero-order chi connectivity index (χ0) is 41.2. The lowest BCUT2D eigenvalue weighted by Crippen LogP contribution is -2.52. The highest BCUT2D eigenvalue weighted by molar-refractivity contribution is 6.74. The fourth-order valence-corrected chi connectivity index (χ4v) is 14.4. The van der Waals surface area contributed by atoms with Crippen LogP contribution in [0, 0.1) is 46.3 Å². The third-order valence-corrected chi connectivity index (χ3v) is 21.6. The van der Waals surface area contributed by atoms with Gasteiger partial charge in [-0.1, -0.05) is 58.9 Å². The van der Waals surface area contributed by atoms with Gasteiger partial charge in [0.1, 0.15) is 11.5 Å². The van der Waals surface area contributed by atoms with E-state index in [0.29, 0.717) is 41.6 Å². The summed E-state index contributed by atoms with van der Waals surface area (Å²) in [5, 5.41) is 10.8. The first-order chi connectivity index (χ1) is 26.9. The zero-order valence-electron chi connectivity index (χ0n) is 36.4. The Kier molecular flexibility index (Phi) is 11.5. The Bertz CT molecular complexity index is 1880. The van der Waals surface area contributed by atoms with Gasteiger partial charge in [0.2, 0.25) is 0 Å². The Morgan fingerprint density at radius 2 is 1.19 bits per heavy atom. The maximum Gasteiger partial charge on any atom is 0.192 e. The summed E-state index contributed by atoms with van der Waals surface area (Å²) in [6.45, 7) is 24.4. The van der Waals surface area contributed by atoms with Gasteiger partial charge in [-0.3, -0.25) is 9.59 Å². The van der Waals surface area contributed by atoms with Gasteiger partial charge in [-0.05, 0) is 164 Å². The van der Waals surface area contributed by atoms with Crippen molar-refractivity contribution in [3.8, 4) is 11.5 Å². The van der Waals surface area contributed by atoms with Gasteiger partial charge in [-0.2, -0.15) is 0 Å². The molecule has 4 fully saturated rings. The molecule has 0 aliphatic heterocycles.